The summed E-state index contributed by atoms with van der Waals surface area (Å²) in [6.45, 7) is 6.28. The van der Waals surface area contributed by atoms with E-state index in [4.69, 9.17) is 16.9 Å². The van der Waals surface area contributed by atoms with E-state index in [2.05, 4.69) is 20.0 Å². The van der Waals surface area contributed by atoms with Crippen molar-refractivity contribution in [3.63, 3.8) is 0 Å². The van der Waals surface area contributed by atoms with E-state index in [-0.39, 0.29) is 5.84 Å². The molecule has 3 rings (SSSR count). The van der Waals surface area contributed by atoms with Gasteiger partial charge >= 0.3 is 0 Å². The van der Waals surface area contributed by atoms with Gasteiger partial charge < -0.3 is 16.4 Å². The molecule has 2 aliphatic rings. The predicted octanol–water partition coefficient (Wildman–Crippen LogP) is 1.61. The minimum absolute atomic E-state index is 0.269. The van der Waals surface area contributed by atoms with Crippen molar-refractivity contribution in [3.05, 3.63) is 6.07 Å². The molecule has 0 saturated carbocycles. The number of nitrogens with zero attached hydrogens (tertiary/aromatic N) is 5. The molecule has 8 heteroatoms. The molecule has 5 N–H and O–H groups in total. The molecule has 23 heavy (non-hydrogen) atoms. The molecule has 0 aliphatic carbocycles. The van der Waals surface area contributed by atoms with Crippen LogP contribution >= 0.6 is 0 Å². The first-order valence-corrected chi connectivity index (χ1v) is 7.83. The molecule has 0 unspecified atom stereocenters. The monoisotopic (exact) mass is 314 g/mol. The number of nitrogens with two attached hydrogens (primary N) is 2. The maximum absolute atomic E-state index is 8.15. The van der Waals surface area contributed by atoms with E-state index in [9.17, 15) is 0 Å². The number of hydrogen-bond donors (Lipinski definition) is 3. The summed E-state index contributed by atoms with van der Waals surface area (Å²) < 4.78 is 0. The molecule has 0 bridgehead atoms. The van der Waals surface area contributed by atoms with Gasteiger partial charge in [0.15, 0.2) is 17.5 Å². The topological polar surface area (TPSA) is 120 Å². The molecule has 1 aromatic heterocycles. The number of amidine groups is 1. The summed E-state index contributed by atoms with van der Waals surface area (Å²) in [5, 5.41) is 14.1. The first kappa shape index (κ1) is 15.3. The minimum Gasteiger partial charge on any atom is -0.396 e. The lowest BCUT2D eigenvalue weighted by atomic mass is 10.2. The van der Waals surface area contributed by atoms with Gasteiger partial charge in [-0.1, -0.05) is 0 Å². The second-order valence-electron chi connectivity index (χ2n) is 5.72. The van der Waals surface area contributed by atoms with Gasteiger partial charge in [-0.25, -0.2) is 15.0 Å². The van der Waals surface area contributed by atoms with Gasteiger partial charge in [0.2, 0.25) is 0 Å². The Bertz CT molecular complexity index is 700. The Kier molecular flexibility index (Phi) is 3.89. The van der Waals surface area contributed by atoms with E-state index in [1.165, 1.54) is 0 Å². The van der Waals surface area contributed by atoms with E-state index in [1.807, 2.05) is 13.8 Å². The van der Waals surface area contributed by atoms with Crippen LogP contribution in [0.5, 0.6) is 0 Å². The highest BCUT2D eigenvalue weighted by molar-refractivity contribution is 6.69. The van der Waals surface area contributed by atoms with Gasteiger partial charge in [0.25, 0.3) is 0 Å². The Balaban J connectivity index is 2.00. The highest BCUT2D eigenvalue weighted by Crippen LogP contribution is 2.32. The Morgan fingerprint density at radius 1 is 1.26 bits per heavy atom. The highest BCUT2D eigenvalue weighted by atomic mass is 15.5. The molecule has 0 amide bonds. The fraction of sp³-hybridized carbons (Fsp3) is 0.467. The molecule has 3 heterocycles. The van der Waals surface area contributed by atoms with Crippen molar-refractivity contribution in [2.45, 2.75) is 26.7 Å². The van der Waals surface area contributed by atoms with E-state index in [0.29, 0.717) is 35.2 Å². The Labute approximate surface area is 135 Å². The number of aromatic nitrogens is 1. The van der Waals surface area contributed by atoms with E-state index >= 15 is 0 Å². The van der Waals surface area contributed by atoms with Crippen LogP contribution in [0.15, 0.2) is 16.2 Å². The molecule has 0 radical (unpaired) electrons. The molecule has 0 aromatic carbocycles. The van der Waals surface area contributed by atoms with Crippen LogP contribution in [0.1, 0.15) is 26.7 Å². The van der Waals surface area contributed by atoms with Gasteiger partial charge in [-0.05, 0) is 32.8 Å². The number of nitrogen functional groups attached to an aromatic ring is 2. The third-order valence-electron chi connectivity index (χ3n) is 4.06. The summed E-state index contributed by atoms with van der Waals surface area (Å²) >= 11 is 0. The SMILES string of the molecule is CCN1N=C(C)C(=Nc2nc(N3CCCC3)c(N)cc2N)C1=N. The number of nitrogens with one attached hydrogen (secondary N) is 1. The van der Waals surface area contributed by atoms with Gasteiger partial charge in [0.05, 0.1) is 17.1 Å². The number of anilines is 3. The van der Waals surface area contributed by atoms with Crippen molar-refractivity contribution in [1.29, 1.82) is 5.41 Å². The average molecular weight is 314 g/mol. The first-order chi connectivity index (χ1) is 11.0. The number of aliphatic imine (C=N–C) groups is 1. The summed E-state index contributed by atoms with van der Waals surface area (Å²) in [4.78, 5) is 11.2. The third-order valence-corrected chi connectivity index (χ3v) is 4.06. The minimum atomic E-state index is 0.269. The fourth-order valence-electron chi connectivity index (χ4n) is 2.84. The van der Waals surface area contributed by atoms with E-state index in [0.717, 1.165) is 31.7 Å². The van der Waals surface area contributed by atoms with Crippen molar-refractivity contribution >= 4 is 40.3 Å². The Hall–Kier alpha value is -2.64. The molecule has 1 aromatic rings. The van der Waals surface area contributed by atoms with Crippen LogP contribution in [0.4, 0.5) is 23.0 Å². The molecule has 2 aliphatic heterocycles. The summed E-state index contributed by atoms with van der Waals surface area (Å²) in [6.07, 6.45) is 2.27. The molecule has 122 valence electrons. The second kappa shape index (κ2) is 5.86. The largest absolute Gasteiger partial charge is 0.396 e. The van der Waals surface area contributed by atoms with Crippen LogP contribution in [0.2, 0.25) is 0 Å². The molecular formula is C15H22N8. The fourth-order valence-corrected chi connectivity index (χ4v) is 2.84. The zero-order chi connectivity index (χ0) is 16.6. The number of rotatable bonds is 3. The molecule has 8 nitrogen and oxygen atoms in total. The molecular weight excluding hydrogens is 292 g/mol. The zero-order valence-electron chi connectivity index (χ0n) is 13.5. The summed E-state index contributed by atoms with van der Waals surface area (Å²) in [7, 11) is 0. The van der Waals surface area contributed by atoms with E-state index in [1.54, 1.807) is 11.1 Å². The lowest BCUT2D eigenvalue weighted by molar-refractivity contribution is 0.481. The number of hydrazone groups is 1. The number of hydrogen-bond acceptors (Lipinski definition) is 7. The summed E-state index contributed by atoms with van der Waals surface area (Å²) in [5.74, 6) is 1.39. The molecule has 0 spiro atoms. The first-order valence-electron chi connectivity index (χ1n) is 7.83. The maximum Gasteiger partial charge on any atom is 0.178 e. The third kappa shape index (κ3) is 2.71. The van der Waals surface area contributed by atoms with Crippen molar-refractivity contribution in [2.75, 3.05) is 36.0 Å². The average Bonchev–Trinajstić information content (AvgIpc) is 3.13. The maximum atomic E-state index is 8.15. The highest BCUT2D eigenvalue weighted by Gasteiger charge is 2.25. The summed E-state index contributed by atoms with van der Waals surface area (Å²) in [6, 6.07) is 1.70. The summed E-state index contributed by atoms with van der Waals surface area (Å²) in [5.41, 5.74) is 14.3. The van der Waals surface area contributed by atoms with Crippen LogP contribution < -0.4 is 16.4 Å². The van der Waals surface area contributed by atoms with Crippen LogP contribution in [-0.2, 0) is 0 Å². The van der Waals surface area contributed by atoms with Crippen LogP contribution in [0, 0.1) is 5.41 Å². The van der Waals surface area contributed by atoms with Gasteiger partial charge in [0.1, 0.15) is 5.71 Å². The molecule has 1 saturated heterocycles. The predicted molar refractivity (Wildman–Crippen MR) is 94.8 cm³/mol. The van der Waals surface area contributed by atoms with Crippen molar-refractivity contribution in [3.8, 4) is 0 Å². The lowest BCUT2D eigenvalue weighted by Gasteiger charge is -2.19. The van der Waals surface area contributed by atoms with Crippen molar-refractivity contribution < 1.29 is 0 Å². The van der Waals surface area contributed by atoms with Gasteiger partial charge in [-0.3, -0.25) is 5.41 Å². The zero-order valence-corrected chi connectivity index (χ0v) is 13.5. The number of pyridine rings is 1. The van der Waals surface area contributed by atoms with Crippen molar-refractivity contribution in [1.82, 2.24) is 9.99 Å². The van der Waals surface area contributed by atoms with Crippen LogP contribution in [0.3, 0.4) is 0 Å². The standard InChI is InChI=1S/C15H22N8/c1-3-23-13(18)12(9(2)21-23)19-14-10(16)8-11(17)15(20-14)22-6-4-5-7-22/h8,18H,3-7,16-17H2,1-2H3. The van der Waals surface area contributed by atoms with Crippen LogP contribution in [-0.4, -0.2) is 46.9 Å². The second-order valence-corrected chi connectivity index (χ2v) is 5.72. The van der Waals surface area contributed by atoms with Gasteiger partial charge in [0, 0.05) is 19.6 Å². The molecule has 0 atom stereocenters. The van der Waals surface area contributed by atoms with Gasteiger partial charge in [-0.15, -0.1) is 0 Å². The Morgan fingerprint density at radius 3 is 2.57 bits per heavy atom. The van der Waals surface area contributed by atoms with Crippen LogP contribution in [0.25, 0.3) is 0 Å². The van der Waals surface area contributed by atoms with Gasteiger partial charge in [-0.2, -0.15) is 5.10 Å². The van der Waals surface area contributed by atoms with Crippen molar-refractivity contribution in [2.24, 2.45) is 10.1 Å². The Morgan fingerprint density at radius 2 is 1.96 bits per heavy atom. The smallest absolute Gasteiger partial charge is 0.178 e. The lowest BCUT2D eigenvalue weighted by Crippen LogP contribution is -2.26. The quantitative estimate of drug-likeness (QED) is 0.782. The molecule has 1 fully saturated rings. The van der Waals surface area contributed by atoms with E-state index < -0.39 is 0 Å². The normalized spacial score (nSPS) is 19.8.